The molecule has 0 amide bonds. The summed E-state index contributed by atoms with van der Waals surface area (Å²) in [5.74, 6) is -0.174. The van der Waals surface area contributed by atoms with Crippen LogP contribution in [0, 0.1) is 0 Å². The predicted molar refractivity (Wildman–Crippen MR) is 109 cm³/mol. The summed E-state index contributed by atoms with van der Waals surface area (Å²) in [6, 6.07) is 10.8. The van der Waals surface area contributed by atoms with Gasteiger partial charge in [-0.25, -0.2) is 0 Å². The summed E-state index contributed by atoms with van der Waals surface area (Å²) < 4.78 is 3.85. The lowest BCUT2D eigenvalue weighted by atomic mass is 10.2. The summed E-state index contributed by atoms with van der Waals surface area (Å²) >= 11 is 3.49. The predicted octanol–water partition coefficient (Wildman–Crippen LogP) is 3.39. The number of para-hydroxylation sites is 1. The van der Waals surface area contributed by atoms with Gasteiger partial charge in [0, 0.05) is 18.1 Å². The molecule has 6 nitrogen and oxygen atoms in total. The van der Waals surface area contributed by atoms with Gasteiger partial charge in [-0.1, -0.05) is 31.9 Å². The minimum Gasteiger partial charge on any atom is -0.287 e. The first-order valence-electron chi connectivity index (χ1n) is 8.97. The van der Waals surface area contributed by atoms with E-state index in [2.05, 4.69) is 32.9 Å². The topological polar surface area (TPSA) is 69.2 Å². The van der Waals surface area contributed by atoms with Crippen molar-refractivity contribution in [3.63, 3.8) is 0 Å². The molecular formula is C20H21BrN4O2. The van der Waals surface area contributed by atoms with Gasteiger partial charge >= 0.3 is 0 Å². The Bertz CT molecular complexity index is 1090. The third kappa shape index (κ3) is 4.42. The normalized spacial score (nSPS) is 11.9. The molecule has 7 heteroatoms. The van der Waals surface area contributed by atoms with E-state index in [4.69, 9.17) is 0 Å². The van der Waals surface area contributed by atoms with Crippen molar-refractivity contribution in [2.24, 2.45) is 4.99 Å². The highest BCUT2D eigenvalue weighted by Crippen LogP contribution is 2.08. The highest BCUT2D eigenvalue weighted by atomic mass is 79.9. The summed E-state index contributed by atoms with van der Waals surface area (Å²) in [5.41, 5.74) is 1.08. The van der Waals surface area contributed by atoms with Crippen molar-refractivity contribution in [1.29, 1.82) is 0 Å². The van der Waals surface area contributed by atoms with Gasteiger partial charge in [-0.15, -0.1) is 0 Å². The van der Waals surface area contributed by atoms with Gasteiger partial charge in [-0.2, -0.15) is 5.10 Å². The van der Waals surface area contributed by atoms with E-state index in [1.807, 2.05) is 12.1 Å². The van der Waals surface area contributed by atoms with Crippen LogP contribution in [0.4, 0.5) is 0 Å². The number of halogens is 1. The van der Waals surface area contributed by atoms with E-state index in [0.717, 1.165) is 23.7 Å². The molecule has 0 spiro atoms. The molecule has 0 saturated carbocycles. The van der Waals surface area contributed by atoms with E-state index in [1.165, 1.54) is 10.8 Å². The largest absolute Gasteiger partial charge is 0.287 e. The zero-order valence-electron chi connectivity index (χ0n) is 15.1. The van der Waals surface area contributed by atoms with Crippen molar-refractivity contribution in [1.82, 2.24) is 14.3 Å². The van der Waals surface area contributed by atoms with E-state index in [1.54, 1.807) is 35.1 Å². The van der Waals surface area contributed by atoms with Crippen LogP contribution in [0.15, 0.2) is 63.1 Å². The Labute approximate surface area is 165 Å². The lowest BCUT2D eigenvalue weighted by molar-refractivity contribution is 0.0881. The third-order valence-corrected chi connectivity index (χ3v) is 4.88. The van der Waals surface area contributed by atoms with Crippen molar-refractivity contribution >= 4 is 32.7 Å². The molecule has 0 aliphatic heterocycles. The zero-order valence-corrected chi connectivity index (χ0v) is 16.7. The monoisotopic (exact) mass is 428 g/mol. The number of benzene rings is 1. The van der Waals surface area contributed by atoms with Crippen molar-refractivity contribution in [2.45, 2.75) is 32.7 Å². The highest BCUT2D eigenvalue weighted by Gasteiger charge is 2.11. The smallest absolute Gasteiger partial charge is 0.254 e. The molecular weight excluding hydrogens is 408 g/mol. The van der Waals surface area contributed by atoms with Gasteiger partial charge in [0.2, 0.25) is 5.43 Å². The first kappa shape index (κ1) is 19.2. The minimum atomic E-state index is -0.174. The Morgan fingerprint density at radius 1 is 1.19 bits per heavy atom. The molecule has 1 aromatic carbocycles. The Morgan fingerprint density at radius 2 is 2.00 bits per heavy atom. The molecule has 0 aliphatic rings. The fourth-order valence-electron chi connectivity index (χ4n) is 2.86. The Balaban J connectivity index is 1.95. The lowest BCUT2D eigenvalue weighted by Gasteiger charge is -2.11. The average molecular weight is 429 g/mol. The molecule has 0 aliphatic carbocycles. The molecule has 27 heavy (non-hydrogen) atoms. The van der Waals surface area contributed by atoms with E-state index >= 15 is 0 Å². The summed E-state index contributed by atoms with van der Waals surface area (Å²) in [5, 5.41) is 4.68. The number of fused-ring (bicyclic) bond motifs is 1. The molecule has 140 valence electrons. The molecule has 0 unspecified atom stereocenters. The number of aromatic nitrogens is 3. The van der Waals surface area contributed by atoms with Gasteiger partial charge in [-0.05, 0) is 46.6 Å². The fourth-order valence-corrected chi connectivity index (χ4v) is 3.33. The molecule has 0 radical (unpaired) electrons. The van der Waals surface area contributed by atoms with Crippen LogP contribution < -0.4 is 10.9 Å². The van der Waals surface area contributed by atoms with Crippen LogP contribution >= 0.6 is 15.9 Å². The standard InChI is InChI=1S/C20H21BrN4O2/c1-2-3-6-11-22-20-16(21)9-7-12-24(20)19(27)14-25-17-10-5-4-8-15(17)18(26)13-23-25/h4-5,7-10,12-13H,2-3,6,11,14H2,1H3. The van der Waals surface area contributed by atoms with Gasteiger partial charge < -0.3 is 0 Å². The van der Waals surface area contributed by atoms with Crippen LogP contribution in [0.5, 0.6) is 0 Å². The summed E-state index contributed by atoms with van der Waals surface area (Å²) in [7, 11) is 0. The van der Waals surface area contributed by atoms with Crippen molar-refractivity contribution < 1.29 is 4.79 Å². The Kier molecular flexibility index (Phi) is 6.34. The second-order valence-corrected chi connectivity index (χ2v) is 7.07. The van der Waals surface area contributed by atoms with E-state index in [0.29, 0.717) is 22.9 Å². The number of nitrogens with zero attached hydrogens (tertiary/aromatic N) is 4. The Morgan fingerprint density at radius 3 is 2.81 bits per heavy atom. The Hall–Kier alpha value is -2.54. The van der Waals surface area contributed by atoms with Gasteiger partial charge in [0.25, 0.3) is 5.91 Å². The quantitative estimate of drug-likeness (QED) is 0.564. The molecule has 3 rings (SSSR count). The van der Waals surface area contributed by atoms with Crippen molar-refractivity contribution in [2.75, 3.05) is 6.54 Å². The van der Waals surface area contributed by atoms with Gasteiger partial charge in [0.1, 0.15) is 12.0 Å². The van der Waals surface area contributed by atoms with Gasteiger partial charge in [0.15, 0.2) is 0 Å². The number of carbonyl (C=O) groups excluding carboxylic acids is 1. The van der Waals surface area contributed by atoms with E-state index < -0.39 is 0 Å². The van der Waals surface area contributed by atoms with Crippen molar-refractivity contribution in [3.05, 3.63) is 69.0 Å². The van der Waals surface area contributed by atoms with Gasteiger partial charge in [0.05, 0.1) is 16.2 Å². The van der Waals surface area contributed by atoms with Gasteiger partial charge in [-0.3, -0.25) is 23.8 Å². The maximum Gasteiger partial charge on any atom is 0.254 e. The summed E-state index contributed by atoms with van der Waals surface area (Å²) in [4.78, 5) is 29.5. The molecule has 0 atom stereocenters. The minimum absolute atomic E-state index is 0.0133. The van der Waals surface area contributed by atoms with Crippen molar-refractivity contribution in [3.8, 4) is 0 Å². The van der Waals surface area contributed by atoms with Crippen LogP contribution in [0.2, 0.25) is 0 Å². The first-order valence-corrected chi connectivity index (χ1v) is 9.77. The summed E-state index contributed by atoms with van der Waals surface area (Å²) in [6.07, 6.45) is 6.16. The molecule has 3 aromatic rings. The van der Waals surface area contributed by atoms with Crippen LogP contribution in [0.25, 0.3) is 10.9 Å². The number of hydrogen-bond donors (Lipinski definition) is 0. The van der Waals surface area contributed by atoms with Crippen LogP contribution in [0.1, 0.15) is 31.0 Å². The zero-order chi connectivity index (χ0) is 19.2. The average Bonchev–Trinajstić information content (AvgIpc) is 2.68. The maximum absolute atomic E-state index is 12.9. The summed E-state index contributed by atoms with van der Waals surface area (Å²) in [6.45, 7) is 2.83. The lowest BCUT2D eigenvalue weighted by Crippen LogP contribution is -2.31. The molecule has 2 aromatic heterocycles. The van der Waals surface area contributed by atoms with Crippen LogP contribution in [-0.2, 0) is 6.54 Å². The third-order valence-electron chi connectivity index (χ3n) is 4.26. The van der Waals surface area contributed by atoms with Crippen LogP contribution in [-0.4, -0.2) is 26.8 Å². The molecule has 0 saturated heterocycles. The fraction of sp³-hybridized carbons (Fsp3) is 0.300. The highest BCUT2D eigenvalue weighted by molar-refractivity contribution is 9.10. The molecule has 0 bridgehead atoms. The molecule has 0 fully saturated rings. The number of unbranched alkanes of at least 4 members (excludes halogenated alkanes) is 2. The second kappa shape index (κ2) is 8.90. The maximum atomic E-state index is 12.9. The molecule has 2 heterocycles. The second-order valence-electron chi connectivity index (χ2n) is 6.22. The number of carbonyl (C=O) groups is 1. The number of hydrogen-bond acceptors (Lipinski definition) is 4. The number of pyridine rings is 1. The number of rotatable bonds is 6. The van der Waals surface area contributed by atoms with E-state index in [9.17, 15) is 9.59 Å². The van der Waals surface area contributed by atoms with E-state index in [-0.39, 0.29) is 17.9 Å². The van der Waals surface area contributed by atoms with Crippen LogP contribution in [0.3, 0.4) is 0 Å². The SMILES string of the molecule is CCCCCN=c1c(Br)cccn1C(=O)Cn1ncc(=O)c2ccccc21. The molecule has 0 N–H and O–H groups in total. The first-order chi connectivity index (χ1) is 13.1.